The Kier molecular flexibility index (Phi) is 7.92. The molecular weight excluding hydrogens is 360 g/mol. The number of hydrogen-bond donors (Lipinski definition) is 3. The second kappa shape index (κ2) is 10.4. The first kappa shape index (κ1) is 22.1. The monoisotopic (exact) mass is 390 g/mol. The minimum absolute atomic E-state index is 0. The van der Waals surface area contributed by atoms with Crippen LogP contribution in [0.25, 0.3) is 0 Å². The van der Waals surface area contributed by atoms with E-state index in [0.717, 1.165) is 23.6 Å². The predicted molar refractivity (Wildman–Crippen MR) is 122 cm³/mol. The number of rotatable bonds is 5. The van der Waals surface area contributed by atoms with Gasteiger partial charge in [0.25, 0.3) is 0 Å². The summed E-state index contributed by atoms with van der Waals surface area (Å²) in [5, 5.41) is 9.72. The third kappa shape index (κ3) is 5.42. The second-order valence-electron chi connectivity index (χ2n) is 6.72. The molecular formula is C24H30N4O. The zero-order valence-electron chi connectivity index (χ0n) is 14.9. The van der Waals surface area contributed by atoms with Crippen molar-refractivity contribution in [3.8, 4) is 0 Å². The van der Waals surface area contributed by atoms with Crippen molar-refractivity contribution in [2.75, 3.05) is 23.7 Å². The van der Waals surface area contributed by atoms with Gasteiger partial charge in [-0.1, -0.05) is 51.3 Å². The van der Waals surface area contributed by atoms with Crippen LogP contribution in [0.2, 0.25) is 0 Å². The molecule has 0 saturated carbocycles. The Bertz CT molecular complexity index is 899. The fraction of sp³-hybridized carbons (Fsp3) is 0.250. The Balaban J connectivity index is 0.00000150. The lowest BCUT2D eigenvalue weighted by atomic mass is 9.88. The Hall–Kier alpha value is -3.18. The highest BCUT2D eigenvalue weighted by Crippen LogP contribution is 2.29. The van der Waals surface area contributed by atoms with E-state index >= 15 is 0 Å². The van der Waals surface area contributed by atoms with Gasteiger partial charge in [0.1, 0.15) is 0 Å². The number of benzene rings is 2. The van der Waals surface area contributed by atoms with Crippen LogP contribution in [0.4, 0.5) is 17.1 Å². The Morgan fingerprint density at radius 2 is 1.66 bits per heavy atom. The minimum atomic E-state index is -0.0812. The van der Waals surface area contributed by atoms with E-state index in [2.05, 4.69) is 33.1 Å². The molecule has 1 aliphatic rings. The molecule has 5 heteroatoms. The zero-order chi connectivity index (χ0) is 18.5. The maximum absolute atomic E-state index is 12.9. The lowest BCUT2D eigenvalue weighted by Crippen LogP contribution is -2.28. The molecule has 0 unspecified atom stereocenters. The molecule has 0 radical (unpaired) electrons. The SMILES string of the molecule is C.C.O=C(Nc1cccc(Nc2cccnc2)c1)[C@H]1CNC[C@@H]1c1ccccc1. The molecule has 5 nitrogen and oxygen atoms in total. The van der Waals surface area contributed by atoms with Gasteiger partial charge in [-0.05, 0) is 35.9 Å². The van der Waals surface area contributed by atoms with Crippen molar-refractivity contribution >= 4 is 23.0 Å². The number of nitrogens with one attached hydrogen (secondary N) is 3. The van der Waals surface area contributed by atoms with Gasteiger partial charge in [0.15, 0.2) is 0 Å². The molecule has 152 valence electrons. The van der Waals surface area contributed by atoms with Crippen molar-refractivity contribution in [2.24, 2.45) is 5.92 Å². The van der Waals surface area contributed by atoms with Gasteiger partial charge < -0.3 is 16.0 Å². The molecule has 3 N–H and O–H groups in total. The number of carbonyl (C=O) groups is 1. The van der Waals surface area contributed by atoms with Gasteiger partial charge in [-0.2, -0.15) is 0 Å². The van der Waals surface area contributed by atoms with Gasteiger partial charge in [-0.25, -0.2) is 0 Å². The summed E-state index contributed by atoms with van der Waals surface area (Å²) in [6.45, 7) is 1.52. The van der Waals surface area contributed by atoms with Crippen LogP contribution in [0, 0.1) is 5.92 Å². The first-order valence-electron chi connectivity index (χ1n) is 9.13. The minimum Gasteiger partial charge on any atom is -0.354 e. The highest BCUT2D eigenvalue weighted by molar-refractivity contribution is 5.94. The van der Waals surface area contributed by atoms with Crippen molar-refractivity contribution in [1.82, 2.24) is 10.3 Å². The first-order chi connectivity index (χ1) is 13.3. The van der Waals surface area contributed by atoms with E-state index < -0.39 is 0 Å². The van der Waals surface area contributed by atoms with Gasteiger partial charge in [-0.15, -0.1) is 0 Å². The highest BCUT2D eigenvalue weighted by Gasteiger charge is 2.33. The first-order valence-corrected chi connectivity index (χ1v) is 9.13. The van der Waals surface area contributed by atoms with E-state index in [9.17, 15) is 4.79 Å². The van der Waals surface area contributed by atoms with Gasteiger partial charge in [0, 0.05) is 36.6 Å². The molecule has 0 spiro atoms. The van der Waals surface area contributed by atoms with Crippen LogP contribution in [0.3, 0.4) is 0 Å². The van der Waals surface area contributed by atoms with Crippen molar-refractivity contribution in [2.45, 2.75) is 20.8 Å². The third-order valence-electron chi connectivity index (χ3n) is 4.86. The maximum atomic E-state index is 12.9. The van der Waals surface area contributed by atoms with Crippen LogP contribution in [-0.2, 0) is 4.79 Å². The molecule has 1 amide bonds. The standard InChI is InChI=1S/C22H22N4O.2CH4/c27-22(21-15-24-14-20(21)16-6-2-1-3-7-16)26-18-9-4-8-17(12-18)25-19-10-5-11-23-13-19;;/h1-13,20-21,24-25H,14-15H2,(H,26,27);2*1H4/t20-,21+;;/m1../s1. The fourth-order valence-electron chi connectivity index (χ4n) is 3.52. The van der Waals surface area contributed by atoms with Crippen LogP contribution >= 0.6 is 0 Å². The van der Waals surface area contributed by atoms with Gasteiger partial charge in [0.2, 0.25) is 5.91 Å². The number of nitrogens with zero attached hydrogens (tertiary/aromatic N) is 1. The van der Waals surface area contributed by atoms with Crippen LogP contribution in [-0.4, -0.2) is 24.0 Å². The molecule has 2 atom stereocenters. The summed E-state index contributed by atoms with van der Waals surface area (Å²) in [5.74, 6) is 0.164. The molecule has 2 aromatic carbocycles. The van der Waals surface area contributed by atoms with E-state index in [1.165, 1.54) is 5.56 Å². The van der Waals surface area contributed by atoms with Gasteiger partial charge in [-0.3, -0.25) is 9.78 Å². The number of pyridine rings is 1. The number of amides is 1. The number of aromatic nitrogens is 1. The van der Waals surface area contributed by atoms with Crippen LogP contribution in [0.1, 0.15) is 26.3 Å². The Morgan fingerprint density at radius 1 is 0.897 bits per heavy atom. The van der Waals surface area contributed by atoms with Crippen LogP contribution in [0.15, 0.2) is 79.1 Å². The lowest BCUT2D eigenvalue weighted by molar-refractivity contribution is -0.119. The average molecular weight is 391 g/mol. The van der Waals surface area contributed by atoms with Crippen LogP contribution < -0.4 is 16.0 Å². The number of carbonyl (C=O) groups excluding carboxylic acids is 1. The quantitative estimate of drug-likeness (QED) is 0.571. The highest BCUT2D eigenvalue weighted by atomic mass is 16.1. The van der Waals surface area contributed by atoms with Gasteiger partial charge in [0.05, 0.1) is 17.8 Å². The molecule has 1 aromatic heterocycles. The smallest absolute Gasteiger partial charge is 0.229 e. The summed E-state index contributed by atoms with van der Waals surface area (Å²) in [4.78, 5) is 17.0. The van der Waals surface area contributed by atoms with Gasteiger partial charge >= 0.3 is 0 Å². The third-order valence-corrected chi connectivity index (χ3v) is 4.86. The van der Waals surface area contributed by atoms with Crippen molar-refractivity contribution < 1.29 is 4.79 Å². The second-order valence-corrected chi connectivity index (χ2v) is 6.72. The number of anilines is 3. The number of hydrogen-bond acceptors (Lipinski definition) is 4. The molecule has 0 bridgehead atoms. The van der Waals surface area contributed by atoms with Crippen LogP contribution in [0.5, 0.6) is 0 Å². The predicted octanol–water partition coefficient (Wildman–Crippen LogP) is 5.04. The zero-order valence-corrected chi connectivity index (χ0v) is 14.9. The molecule has 0 aliphatic carbocycles. The lowest BCUT2D eigenvalue weighted by Gasteiger charge is -2.19. The molecule has 4 rings (SSSR count). The van der Waals surface area contributed by atoms with E-state index in [0.29, 0.717) is 6.54 Å². The Morgan fingerprint density at radius 3 is 2.41 bits per heavy atom. The summed E-state index contributed by atoms with van der Waals surface area (Å²) >= 11 is 0. The molecule has 2 heterocycles. The van der Waals surface area contributed by atoms with E-state index in [1.807, 2.05) is 54.6 Å². The van der Waals surface area contributed by atoms with E-state index in [1.54, 1.807) is 12.4 Å². The summed E-state index contributed by atoms with van der Waals surface area (Å²) < 4.78 is 0. The Labute approximate surface area is 173 Å². The topological polar surface area (TPSA) is 66.0 Å². The molecule has 1 saturated heterocycles. The largest absolute Gasteiger partial charge is 0.354 e. The van der Waals surface area contributed by atoms with Crippen molar-refractivity contribution in [3.05, 3.63) is 84.7 Å². The fourth-order valence-corrected chi connectivity index (χ4v) is 3.52. The summed E-state index contributed by atoms with van der Waals surface area (Å²) in [6, 6.07) is 21.8. The molecule has 1 fully saturated rings. The summed E-state index contributed by atoms with van der Waals surface area (Å²) in [5.41, 5.74) is 3.80. The normalized spacial score (nSPS) is 17.5. The average Bonchev–Trinajstić information content (AvgIpc) is 3.20. The van der Waals surface area contributed by atoms with Crippen molar-refractivity contribution in [1.29, 1.82) is 0 Å². The molecule has 1 aliphatic heterocycles. The van der Waals surface area contributed by atoms with Crippen molar-refractivity contribution in [3.63, 3.8) is 0 Å². The molecule has 29 heavy (non-hydrogen) atoms. The van der Waals surface area contributed by atoms with E-state index in [4.69, 9.17) is 0 Å². The summed E-state index contributed by atoms with van der Waals surface area (Å²) in [7, 11) is 0. The van der Waals surface area contributed by atoms with E-state index in [-0.39, 0.29) is 32.6 Å². The maximum Gasteiger partial charge on any atom is 0.229 e. The summed E-state index contributed by atoms with van der Waals surface area (Å²) in [6.07, 6.45) is 3.50. The molecule has 3 aromatic rings.